The van der Waals surface area contributed by atoms with Crippen molar-refractivity contribution in [2.45, 2.75) is 45.1 Å². The fourth-order valence-electron chi connectivity index (χ4n) is 3.49. The Morgan fingerprint density at radius 3 is 2.70 bits per heavy atom. The summed E-state index contributed by atoms with van der Waals surface area (Å²) >= 11 is 0. The van der Waals surface area contributed by atoms with Crippen molar-refractivity contribution < 1.29 is 24.2 Å². The van der Waals surface area contributed by atoms with Gasteiger partial charge in [0, 0.05) is 24.8 Å². The third kappa shape index (κ3) is 4.10. The first-order valence-electron chi connectivity index (χ1n) is 9.01. The molecular formula is C20H19N3O7. The molecule has 2 aromatic rings. The molecule has 0 N–H and O–H groups in total. The highest BCUT2D eigenvalue weighted by Gasteiger charge is 2.47. The lowest BCUT2D eigenvalue weighted by Gasteiger charge is -2.44. The van der Waals surface area contributed by atoms with Crippen LogP contribution in [0, 0.1) is 21.4 Å². The molecule has 1 aliphatic rings. The molecule has 1 aliphatic heterocycles. The summed E-state index contributed by atoms with van der Waals surface area (Å²) < 4.78 is 12.9. The minimum atomic E-state index is -0.982. The van der Waals surface area contributed by atoms with Crippen molar-refractivity contribution in [1.82, 2.24) is 4.57 Å². The van der Waals surface area contributed by atoms with Gasteiger partial charge in [-0.3, -0.25) is 9.59 Å². The van der Waals surface area contributed by atoms with E-state index in [9.17, 15) is 25.0 Å². The molecule has 2 heterocycles. The van der Waals surface area contributed by atoms with Crippen molar-refractivity contribution in [2.24, 2.45) is 0 Å². The first-order valence-corrected chi connectivity index (χ1v) is 9.01. The van der Waals surface area contributed by atoms with Crippen LogP contribution in [0.2, 0.25) is 0 Å². The molecule has 2 atom stereocenters. The number of pyridine rings is 1. The zero-order chi connectivity index (χ0) is 22.1. The van der Waals surface area contributed by atoms with E-state index in [1.54, 1.807) is 32.0 Å². The Hall–Kier alpha value is -3.87. The number of fused-ring (bicyclic) bond motifs is 1. The van der Waals surface area contributed by atoms with Crippen LogP contribution < -0.4 is 10.3 Å². The number of nitrogens with zero attached hydrogens (tertiary/aromatic N) is 3. The van der Waals surface area contributed by atoms with E-state index in [0.29, 0.717) is 22.4 Å². The lowest BCUT2D eigenvalue weighted by molar-refractivity contribution is -0.763. The molecule has 1 aromatic heterocycles. The van der Waals surface area contributed by atoms with Crippen LogP contribution in [0.5, 0.6) is 5.75 Å². The molecule has 0 spiro atoms. The van der Waals surface area contributed by atoms with Crippen molar-refractivity contribution in [3.05, 3.63) is 73.7 Å². The zero-order valence-corrected chi connectivity index (χ0v) is 16.5. The van der Waals surface area contributed by atoms with Crippen LogP contribution in [0.1, 0.15) is 43.5 Å². The highest BCUT2D eigenvalue weighted by molar-refractivity contribution is 5.66. The largest absolute Gasteiger partial charge is 0.484 e. The average Bonchev–Trinajstić information content (AvgIpc) is 2.67. The normalized spacial score (nSPS) is 19.0. The predicted molar refractivity (Wildman–Crippen MR) is 102 cm³/mol. The van der Waals surface area contributed by atoms with Crippen LogP contribution in [0.25, 0.3) is 0 Å². The number of rotatable bonds is 5. The summed E-state index contributed by atoms with van der Waals surface area (Å²) in [7, 11) is 0. The second-order valence-electron chi connectivity index (χ2n) is 7.32. The summed E-state index contributed by atoms with van der Waals surface area (Å²) in [6.45, 7) is 4.36. The van der Waals surface area contributed by atoms with Gasteiger partial charge in [0.15, 0.2) is 6.10 Å². The summed E-state index contributed by atoms with van der Waals surface area (Å²) in [5, 5.41) is 18.7. The molecule has 30 heavy (non-hydrogen) atoms. The van der Waals surface area contributed by atoms with Gasteiger partial charge >= 0.3 is 5.97 Å². The van der Waals surface area contributed by atoms with Gasteiger partial charge in [-0.1, -0.05) is 0 Å². The first kappa shape index (κ1) is 20.9. The minimum Gasteiger partial charge on any atom is -0.484 e. The van der Waals surface area contributed by atoms with Crippen LogP contribution >= 0.6 is 0 Å². The molecule has 0 bridgehead atoms. The van der Waals surface area contributed by atoms with Crippen LogP contribution in [0.3, 0.4) is 0 Å². The lowest BCUT2D eigenvalue weighted by atomic mass is 9.85. The van der Waals surface area contributed by atoms with Crippen molar-refractivity contribution in [3.63, 3.8) is 0 Å². The van der Waals surface area contributed by atoms with E-state index >= 15 is 0 Å². The zero-order valence-electron chi connectivity index (χ0n) is 16.5. The van der Waals surface area contributed by atoms with Gasteiger partial charge in [-0.25, -0.2) is 0 Å². The molecule has 0 amide bonds. The van der Waals surface area contributed by atoms with Gasteiger partial charge in [-0.15, -0.1) is 10.1 Å². The molecular weight excluding hydrogens is 394 g/mol. The van der Waals surface area contributed by atoms with Gasteiger partial charge in [-0.2, -0.15) is 5.26 Å². The Kier molecular flexibility index (Phi) is 5.47. The number of hydrogen-bond donors (Lipinski definition) is 0. The number of nitriles is 1. The molecule has 3 rings (SSSR count). The highest BCUT2D eigenvalue weighted by atomic mass is 16.9. The highest BCUT2D eigenvalue weighted by Crippen LogP contribution is 2.43. The molecule has 0 saturated heterocycles. The number of carbonyl (C=O) groups is 1. The SMILES string of the molecule is CC(=O)OC1C(n2ccc(CO[N+](=O)[O-])cc2=O)c2cc(C#N)ccc2OC1(C)C. The van der Waals surface area contributed by atoms with E-state index in [1.165, 1.54) is 29.8 Å². The van der Waals surface area contributed by atoms with Crippen LogP contribution in [-0.4, -0.2) is 27.3 Å². The summed E-state index contributed by atoms with van der Waals surface area (Å²) in [5.41, 5.74) is -0.282. The van der Waals surface area contributed by atoms with Crippen LogP contribution in [0.15, 0.2) is 41.3 Å². The Morgan fingerprint density at radius 2 is 2.10 bits per heavy atom. The fourth-order valence-corrected chi connectivity index (χ4v) is 3.49. The predicted octanol–water partition coefficient (Wildman–Crippen LogP) is 2.12. The quantitative estimate of drug-likeness (QED) is 0.413. The van der Waals surface area contributed by atoms with E-state index in [1.807, 2.05) is 6.07 Å². The minimum absolute atomic E-state index is 0.314. The number of carbonyl (C=O) groups excluding carboxylic acids is 1. The summed E-state index contributed by atoms with van der Waals surface area (Å²) in [5.74, 6) is -0.0920. The van der Waals surface area contributed by atoms with Gasteiger partial charge in [0.05, 0.1) is 11.6 Å². The van der Waals surface area contributed by atoms with Crippen LogP contribution in [0.4, 0.5) is 0 Å². The van der Waals surface area contributed by atoms with Gasteiger partial charge in [0.1, 0.15) is 24.0 Å². The fraction of sp³-hybridized carbons (Fsp3) is 0.350. The molecule has 0 radical (unpaired) electrons. The van der Waals surface area contributed by atoms with Crippen molar-refractivity contribution in [3.8, 4) is 11.8 Å². The second-order valence-corrected chi connectivity index (χ2v) is 7.32. The van der Waals surface area contributed by atoms with E-state index in [2.05, 4.69) is 4.84 Å². The molecule has 10 heteroatoms. The molecule has 156 valence electrons. The maximum absolute atomic E-state index is 12.9. The molecule has 0 fully saturated rings. The van der Waals surface area contributed by atoms with Crippen LogP contribution in [-0.2, 0) is 21.0 Å². The van der Waals surface area contributed by atoms with Gasteiger partial charge in [0.25, 0.3) is 10.6 Å². The number of aromatic nitrogens is 1. The standard InChI is InChI=1S/C20H19N3O7/c1-12(24)29-19-18(22-7-6-14(9-17(22)25)11-28-23(26)27)15-8-13(10-21)4-5-16(15)30-20(19,2)3/h4-9,18-19H,11H2,1-3H3. The summed E-state index contributed by atoms with van der Waals surface area (Å²) in [4.78, 5) is 39.4. The van der Waals surface area contributed by atoms with Crippen molar-refractivity contribution >= 4 is 5.97 Å². The van der Waals surface area contributed by atoms with E-state index < -0.39 is 34.4 Å². The summed E-state index contributed by atoms with van der Waals surface area (Å²) in [6, 6.07) is 8.80. The first-order chi connectivity index (χ1) is 14.1. The Labute approximate surface area is 171 Å². The maximum atomic E-state index is 12.9. The average molecular weight is 413 g/mol. The molecule has 0 aliphatic carbocycles. The summed E-state index contributed by atoms with van der Waals surface area (Å²) in [6.07, 6.45) is 0.571. The van der Waals surface area contributed by atoms with Gasteiger partial charge in [0.2, 0.25) is 0 Å². The smallest absolute Gasteiger partial charge is 0.303 e. The van der Waals surface area contributed by atoms with Crippen molar-refractivity contribution in [2.75, 3.05) is 0 Å². The number of benzene rings is 1. The molecule has 10 nitrogen and oxygen atoms in total. The van der Waals surface area contributed by atoms with Gasteiger partial charge in [-0.05, 0) is 43.7 Å². The Bertz CT molecular complexity index is 1100. The molecule has 2 unspecified atom stereocenters. The maximum Gasteiger partial charge on any atom is 0.303 e. The molecule has 0 saturated carbocycles. The van der Waals surface area contributed by atoms with E-state index in [-0.39, 0.29) is 6.61 Å². The third-order valence-electron chi connectivity index (χ3n) is 4.74. The Balaban J connectivity index is 2.15. The number of esters is 1. The molecule has 1 aromatic carbocycles. The van der Waals surface area contributed by atoms with Crippen molar-refractivity contribution in [1.29, 1.82) is 5.26 Å². The number of hydrogen-bond acceptors (Lipinski definition) is 8. The van der Waals surface area contributed by atoms with E-state index in [0.717, 1.165) is 0 Å². The number of ether oxygens (including phenoxy) is 2. The van der Waals surface area contributed by atoms with E-state index in [4.69, 9.17) is 9.47 Å². The Morgan fingerprint density at radius 1 is 1.37 bits per heavy atom. The van der Waals surface area contributed by atoms with Gasteiger partial charge < -0.3 is 18.9 Å². The lowest BCUT2D eigenvalue weighted by Crippen LogP contribution is -2.54. The topological polar surface area (TPSA) is 134 Å². The monoisotopic (exact) mass is 413 g/mol. The second kappa shape index (κ2) is 7.87. The third-order valence-corrected chi connectivity index (χ3v) is 4.74.